The highest BCUT2D eigenvalue weighted by Gasteiger charge is 2.26. The summed E-state index contributed by atoms with van der Waals surface area (Å²) in [5, 5.41) is 5.39. The van der Waals surface area contributed by atoms with E-state index in [2.05, 4.69) is 52.0 Å². The van der Waals surface area contributed by atoms with E-state index in [9.17, 15) is 4.79 Å². The predicted octanol–water partition coefficient (Wildman–Crippen LogP) is 4.10. The van der Waals surface area contributed by atoms with Crippen molar-refractivity contribution in [1.82, 2.24) is 15.1 Å². The van der Waals surface area contributed by atoms with Gasteiger partial charge in [0.2, 0.25) is 0 Å². The summed E-state index contributed by atoms with van der Waals surface area (Å²) < 4.78 is 5.80. The van der Waals surface area contributed by atoms with Crippen LogP contribution in [0.2, 0.25) is 0 Å². The summed E-state index contributed by atoms with van der Waals surface area (Å²) in [6.07, 6.45) is 4.47. The lowest BCUT2D eigenvalue weighted by Crippen LogP contribution is -2.52. The number of likely N-dealkylation sites (tertiary alicyclic amines) is 1. The quantitative estimate of drug-likeness (QED) is 0.743. The SMILES string of the molecule is O=C(NC1CCCN(Cc2ccccc2)C1)N(Cc1cccs1)CC1CCCO1. The van der Waals surface area contributed by atoms with Crippen LogP contribution in [-0.4, -0.2) is 54.2 Å². The number of benzene rings is 1. The number of carbonyl (C=O) groups excluding carboxylic acids is 1. The molecule has 4 rings (SSSR count). The predicted molar refractivity (Wildman–Crippen MR) is 117 cm³/mol. The molecular weight excluding hydrogens is 382 g/mol. The van der Waals surface area contributed by atoms with Gasteiger partial charge in [0.1, 0.15) is 0 Å². The number of carbonyl (C=O) groups is 1. The Morgan fingerprint density at radius 3 is 2.83 bits per heavy atom. The van der Waals surface area contributed by atoms with Gasteiger partial charge in [-0.2, -0.15) is 0 Å². The number of hydrogen-bond donors (Lipinski definition) is 1. The Labute approximate surface area is 177 Å². The van der Waals surface area contributed by atoms with Gasteiger partial charge in [-0.25, -0.2) is 4.79 Å². The maximum Gasteiger partial charge on any atom is 0.318 e. The molecule has 2 saturated heterocycles. The van der Waals surface area contributed by atoms with Gasteiger partial charge in [-0.3, -0.25) is 4.90 Å². The molecule has 3 heterocycles. The summed E-state index contributed by atoms with van der Waals surface area (Å²) in [6, 6.07) is 15.0. The first-order valence-corrected chi connectivity index (χ1v) is 11.6. The van der Waals surface area contributed by atoms with E-state index in [1.807, 2.05) is 11.0 Å². The Morgan fingerprint density at radius 2 is 2.07 bits per heavy atom. The first-order valence-electron chi connectivity index (χ1n) is 10.7. The maximum absolute atomic E-state index is 13.1. The minimum absolute atomic E-state index is 0.0421. The van der Waals surface area contributed by atoms with Crippen molar-refractivity contribution in [1.29, 1.82) is 0 Å². The third-order valence-corrected chi connectivity index (χ3v) is 6.61. The first-order chi connectivity index (χ1) is 14.3. The zero-order valence-electron chi connectivity index (χ0n) is 17.0. The number of nitrogens with zero attached hydrogens (tertiary/aromatic N) is 2. The van der Waals surface area contributed by atoms with Gasteiger partial charge in [0.15, 0.2) is 0 Å². The fraction of sp³-hybridized carbons (Fsp3) is 0.522. The topological polar surface area (TPSA) is 44.8 Å². The van der Waals surface area contributed by atoms with Crippen molar-refractivity contribution in [3.05, 3.63) is 58.3 Å². The normalized spacial score (nSPS) is 22.5. The molecule has 2 fully saturated rings. The monoisotopic (exact) mass is 413 g/mol. The standard InChI is InChI=1S/C23H31N3O2S/c27-23(26(17-21-10-5-13-28-21)18-22-11-6-14-29-22)24-20-9-4-12-25(16-20)15-19-7-2-1-3-8-19/h1-3,6-8,11,14,20-21H,4-5,9-10,12-13,15-18H2,(H,24,27). The van der Waals surface area contributed by atoms with E-state index < -0.39 is 0 Å². The number of rotatable bonds is 7. The molecule has 2 unspecified atom stereocenters. The summed E-state index contributed by atoms with van der Waals surface area (Å²) in [4.78, 5) is 18.7. The van der Waals surface area contributed by atoms with Crippen LogP contribution in [0.3, 0.4) is 0 Å². The molecule has 2 aliphatic rings. The molecule has 29 heavy (non-hydrogen) atoms. The van der Waals surface area contributed by atoms with Crippen molar-refractivity contribution in [3.63, 3.8) is 0 Å². The largest absolute Gasteiger partial charge is 0.376 e. The lowest BCUT2D eigenvalue weighted by molar-refractivity contribution is 0.0779. The number of hydrogen-bond acceptors (Lipinski definition) is 4. The molecule has 2 aromatic rings. The van der Waals surface area contributed by atoms with E-state index in [1.165, 1.54) is 10.4 Å². The molecule has 0 bridgehead atoms. The van der Waals surface area contributed by atoms with Gasteiger partial charge in [-0.05, 0) is 49.2 Å². The summed E-state index contributed by atoms with van der Waals surface area (Å²) in [7, 11) is 0. The van der Waals surface area contributed by atoms with E-state index in [1.54, 1.807) is 11.3 Å². The van der Waals surface area contributed by atoms with Crippen LogP contribution in [0.1, 0.15) is 36.1 Å². The zero-order chi connectivity index (χ0) is 19.9. The minimum Gasteiger partial charge on any atom is -0.376 e. The van der Waals surface area contributed by atoms with Crippen LogP contribution in [0.15, 0.2) is 47.8 Å². The molecule has 1 N–H and O–H groups in total. The molecule has 2 atom stereocenters. The Morgan fingerprint density at radius 1 is 1.17 bits per heavy atom. The molecule has 0 aliphatic carbocycles. The van der Waals surface area contributed by atoms with Crippen LogP contribution in [0.4, 0.5) is 4.79 Å². The van der Waals surface area contributed by atoms with Gasteiger partial charge in [-0.15, -0.1) is 11.3 Å². The van der Waals surface area contributed by atoms with Crippen molar-refractivity contribution in [2.45, 2.75) is 50.9 Å². The van der Waals surface area contributed by atoms with Crippen LogP contribution in [0.25, 0.3) is 0 Å². The molecule has 156 valence electrons. The van der Waals surface area contributed by atoms with E-state index in [-0.39, 0.29) is 18.2 Å². The lowest BCUT2D eigenvalue weighted by Gasteiger charge is -2.35. The first kappa shape index (κ1) is 20.4. The highest BCUT2D eigenvalue weighted by molar-refractivity contribution is 7.09. The Bertz CT molecular complexity index is 747. The molecule has 0 spiro atoms. The Hall–Kier alpha value is -1.89. The van der Waals surface area contributed by atoms with Crippen molar-refractivity contribution >= 4 is 17.4 Å². The van der Waals surface area contributed by atoms with E-state index in [0.717, 1.165) is 51.9 Å². The second kappa shape index (κ2) is 10.2. The number of thiophene rings is 1. The van der Waals surface area contributed by atoms with Gasteiger partial charge >= 0.3 is 6.03 Å². The average molecular weight is 414 g/mol. The summed E-state index contributed by atoms with van der Waals surface area (Å²) in [6.45, 7) is 5.09. The third-order valence-electron chi connectivity index (χ3n) is 5.74. The Kier molecular flexibility index (Phi) is 7.19. The number of urea groups is 1. The van der Waals surface area contributed by atoms with Crippen LogP contribution in [-0.2, 0) is 17.8 Å². The second-order valence-corrected chi connectivity index (χ2v) is 9.14. The summed E-state index contributed by atoms with van der Waals surface area (Å²) >= 11 is 1.70. The molecule has 6 heteroatoms. The van der Waals surface area contributed by atoms with Crippen molar-refractivity contribution in [2.75, 3.05) is 26.2 Å². The molecule has 1 aromatic heterocycles. The molecule has 0 radical (unpaired) electrons. The van der Waals surface area contributed by atoms with Crippen LogP contribution in [0.5, 0.6) is 0 Å². The Balaban J connectivity index is 1.34. The number of ether oxygens (including phenoxy) is 1. The van der Waals surface area contributed by atoms with Crippen molar-refractivity contribution in [3.8, 4) is 0 Å². The highest BCUT2D eigenvalue weighted by atomic mass is 32.1. The third kappa shape index (κ3) is 6.04. The summed E-state index contributed by atoms with van der Waals surface area (Å²) in [5.74, 6) is 0. The smallest absolute Gasteiger partial charge is 0.318 e. The fourth-order valence-corrected chi connectivity index (χ4v) is 4.99. The number of piperidine rings is 1. The van der Waals surface area contributed by atoms with Crippen molar-refractivity contribution in [2.24, 2.45) is 0 Å². The molecule has 2 aliphatic heterocycles. The van der Waals surface area contributed by atoms with Gasteiger partial charge in [0.25, 0.3) is 0 Å². The van der Waals surface area contributed by atoms with Gasteiger partial charge < -0.3 is 15.0 Å². The van der Waals surface area contributed by atoms with E-state index in [0.29, 0.717) is 13.1 Å². The maximum atomic E-state index is 13.1. The molecular formula is C23H31N3O2S. The van der Waals surface area contributed by atoms with Crippen molar-refractivity contribution < 1.29 is 9.53 Å². The van der Waals surface area contributed by atoms with E-state index in [4.69, 9.17) is 4.74 Å². The molecule has 5 nitrogen and oxygen atoms in total. The average Bonchev–Trinajstić information content (AvgIpc) is 3.43. The zero-order valence-corrected chi connectivity index (χ0v) is 17.8. The lowest BCUT2D eigenvalue weighted by atomic mass is 10.0. The van der Waals surface area contributed by atoms with Crippen LogP contribution in [0, 0.1) is 0 Å². The second-order valence-electron chi connectivity index (χ2n) is 8.10. The van der Waals surface area contributed by atoms with Gasteiger partial charge in [-0.1, -0.05) is 36.4 Å². The molecule has 2 amide bonds. The van der Waals surface area contributed by atoms with Crippen LogP contribution >= 0.6 is 11.3 Å². The number of amides is 2. The van der Waals surface area contributed by atoms with Gasteiger partial charge in [0.05, 0.1) is 12.6 Å². The van der Waals surface area contributed by atoms with Crippen LogP contribution < -0.4 is 5.32 Å². The highest BCUT2D eigenvalue weighted by Crippen LogP contribution is 2.19. The molecule has 0 saturated carbocycles. The number of nitrogens with one attached hydrogen (secondary N) is 1. The minimum atomic E-state index is 0.0421. The summed E-state index contributed by atoms with van der Waals surface area (Å²) in [5.41, 5.74) is 1.33. The van der Waals surface area contributed by atoms with Gasteiger partial charge in [0, 0.05) is 37.2 Å². The fourth-order valence-electron chi connectivity index (χ4n) is 4.27. The molecule has 1 aromatic carbocycles. The van der Waals surface area contributed by atoms with E-state index >= 15 is 0 Å².